The first-order valence-corrected chi connectivity index (χ1v) is 8.39. The van der Waals surface area contributed by atoms with E-state index in [4.69, 9.17) is 15.9 Å². The van der Waals surface area contributed by atoms with Crippen LogP contribution in [0.1, 0.15) is 5.69 Å². The summed E-state index contributed by atoms with van der Waals surface area (Å²) in [5.74, 6) is -1.29. The number of nitrogens with zero attached hydrogens (tertiary/aromatic N) is 2. The van der Waals surface area contributed by atoms with Crippen LogP contribution in [0, 0.1) is 11.3 Å². The van der Waals surface area contributed by atoms with Gasteiger partial charge in [-0.05, 0) is 12.1 Å². The number of hydrogen-bond acceptors (Lipinski definition) is 6. The lowest BCUT2D eigenvalue weighted by Gasteiger charge is -2.02. The minimum absolute atomic E-state index is 0.0777. The monoisotopic (exact) mass is 294 g/mol. The highest BCUT2D eigenvalue weighted by Gasteiger charge is 2.18. The summed E-state index contributed by atoms with van der Waals surface area (Å²) < 4.78 is 44.6. The molecular weight excluding hydrogens is 288 g/mol. The molecule has 0 bridgehead atoms. The molecule has 1 aromatic rings. The fourth-order valence-corrected chi connectivity index (χ4v) is 3.92. The van der Waals surface area contributed by atoms with Crippen molar-refractivity contribution in [2.24, 2.45) is 0 Å². The van der Waals surface area contributed by atoms with Gasteiger partial charge in [-0.3, -0.25) is 0 Å². The molecule has 92 valence electrons. The van der Waals surface area contributed by atoms with Crippen LogP contribution in [-0.4, -0.2) is 33.3 Å². The Morgan fingerprint density at radius 2 is 1.88 bits per heavy atom. The summed E-state index contributed by atoms with van der Waals surface area (Å²) in [5, 5.41) is 8.48. The minimum Gasteiger partial charge on any atom is -0.244 e. The maximum atomic E-state index is 11.6. The van der Waals surface area contributed by atoms with E-state index < -0.39 is 30.4 Å². The first-order valence-electron chi connectivity index (χ1n) is 4.26. The highest BCUT2D eigenvalue weighted by molar-refractivity contribution is 8.14. The van der Waals surface area contributed by atoms with Crippen molar-refractivity contribution in [3.63, 3.8) is 0 Å². The second-order valence-electron chi connectivity index (χ2n) is 3.05. The standard InChI is InChI=1S/C8H7ClN2O4S2/c9-17(14,15)4-3-16(12,13)8-2-1-7(5-10)11-6-8/h1-2,6H,3-4H2. The predicted octanol–water partition coefficient (Wildman–Crippen LogP) is 0.296. The van der Waals surface area contributed by atoms with Crippen LogP contribution in [0.3, 0.4) is 0 Å². The van der Waals surface area contributed by atoms with Gasteiger partial charge in [-0.15, -0.1) is 0 Å². The Kier molecular flexibility index (Phi) is 4.08. The van der Waals surface area contributed by atoms with Gasteiger partial charge in [0.1, 0.15) is 11.8 Å². The van der Waals surface area contributed by atoms with E-state index in [9.17, 15) is 16.8 Å². The number of pyridine rings is 1. The first-order chi connectivity index (χ1) is 7.74. The van der Waals surface area contributed by atoms with Gasteiger partial charge in [0.25, 0.3) is 0 Å². The van der Waals surface area contributed by atoms with E-state index in [-0.39, 0.29) is 10.6 Å². The zero-order valence-corrected chi connectivity index (χ0v) is 10.8. The summed E-state index contributed by atoms with van der Waals surface area (Å²) in [6.07, 6.45) is 1.01. The van der Waals surface area contributed by atoms with Crippen molar-refractivity contribution in [1.29, 1.82) is 5.26 Å². The van der Waals surface area contributed by atoms with Crippen molar-refractivity contribution < 1.29 is 16.8 Å². The molecule has 0 fully saturated rings. The van der Waals surface area contributed by atoms with Gasteiger partial charge >= 0.3 is 0 Å². The van der Waals surface area contributed by atoms with Crippen molar-refractivity contribution in [2.45, 2.75) is 4.90 Å². The van der Waals surface area contributed by atoms with Crippen LogP contribution in [0.25, 0.3) is 0 Å². The molecule has 6 nitrogen and oxygen atoms in total. The summed E-state index contributed by atoms with van der Waals surface area (Å²) in [7, 11) is -2.69. The van der Waals surface area contributed by atoms with Gasteiger partial charge in [-0.2, -0.15) is 5.26 Å². The van der Waals surface area contributed by atoms with Gasteiger partial charge in [0.2, 0.25) is 9.05 Å². The Balaban J connectivity index is 2.94. The lowest BCUT2D eigenvalue weighted by atomic mass is 10.4. The maximum absolute atomic E-state index is 11.6. The Hall–Kier alpha value is -1.17. The average molecular weight is 295 g/mol. The lowest BCUT2D eigenvalue weighted by Crippen LogP contribution is -2.14. The van der Waals surface area contributed by atoms with E-state index in [1.165, 1.54) is 12.1 Å². The maximum Gasteiger partial charge on any atom is 0.233 e. The van der Waals surface area contributed by atoms with Crippen LogP contribution >= 0.6 is 10.7 Å². The molecule has 9 heteroatoms. The van der Waals surface area contributed by atoms with Gasteiger partial charge in [0, 0.05) is 16.9 Å². The van der Waals surface area contributed by atoms with Crippen molar-refractivity contribution in [2.75, 3.05) is 11.5 Å². The van der Waals surface area contributed by atoms with Gasteiger partial charge < -0.3 is 0 Å². The molecule has 0 aliphatic carbocycles. The summed E-state index contributed by atoms with van der Waals surface area (Å²) >= 11 is 0. The van der Waals surface area contributed by atoms with Crippen molar-refractivity contribution in [1.82, 2.24) is 4.98 Å². The van der Waals surface area contributed by atoms with Gasteiger partial charge in [0.15, 0.2) is 9.84 Å². The molecule has 0 aliphatic heterocycles. The third kappa shape index (κ3) is 4.30. The molecule has 1 aromatic heterocycles. The van der Waals surface area contributed by atoms with Gasteiger partial charge in [0.05, 0.1) is 16.4 Å². The van der Waals surface area contributed by atoms with E-state index in [1.54, 1.807) is 6.07 Å². The molecule has 0 amide bonds. The van der Waals surface area contributed by atoms with Crippen LogP contribution in [-0.2, 0) is 18.9 Å². The van der Waals surface area contributed by atoms with E-state index in [2.05, 4.69) is 4.98 Å². The van der Waals surface area contributed by atoms with Crippen molar-refractivity contribution in [3.8, 4) is 6.07 Å². The fraction of sp³-hybridized carbons (Fsp3) is 0.250. The second kappa shape index (κ2) is 5.00. The Bertz CT molecular complexity index is 644. The van der Waals surface area contributed by atoms with Crippen LogP contribution < -0.4 is 0 Å². The molecule has 0 saturated heterocycles. The quantitative estimate of drug-likeness (QED) is 0.739. The summed E-state index contributed by atoms with van der Waals surface area (Å²) in [6, 6.07) is 4.17. The van der Waals surface area contributed by atoms with Gasteiger partial charge in [-0.1, -0.05) is 0 Å². The number of sulfone groups is 1. The summed E-state index contributed by atoms with van der Waals surface area (Å²) in [4.78, 5) is 3.44. The summed E-state index contributed by atoms with van der Waals surface area (Å²) in [6.45, 7) is 0. The zero-order chi connectivity index (χ0) is 13.1. The largest absolute Gasteiger partial charge is 0.244 e. The van der Waals surface area contributed by atoms with Crippen LogP contribution in [0.2, 0.25) is 0 Å². The second-order valence-corrected chi connectivity index (χ2v) is 8.06. The lowest BCUT2D eigenvalue weighted by molar-refractivity contribution is 0.592. The molecule has 0 unspecified atom stereocenters. The van der Waals surface area contributed by atoms with Crippen LogP contribution in [0.4, 0.5) is 0 Å². The molecule has 0 radical (unpaired) electrons. The molecular formula is C8H7ClN2O4S2. The molecule has 0 N–H and O–H groups in total. The third-order valence-corrected chi connectivity index (χ3v) is 4.92. The molecule has 1 heterocycles. The van der Waals surface area contributed by atoms with Gasteiger partial charge in [-0.25, -0.2) is 21.8 Å². The SMILES string of the molecule is N#Cc1ccc(S(=O)(=O)CCS(=O)(=O)Cl)cn1. The molecule has 0 aromatic carbocycles. The van der Waals surface area contributed by atoms with E-state index in [0.717, 1.165) is 6.20 Å². The highest BCUT2D eigenvalue weighted by atomic mass is 35.7. The van der Waals surface area contributed by atoms with E-state index in [1.807, 2.05) is 0 Å². The molecule has 1 rings (SSSR count). The number of halogens is 1. The molecule has 0 saturated carbocycles. The predicted molar refractivity (Wildman–Crippen MR) is 60.6 cm³/mol. The minimum atomic E-state index is -3.86. The number of nitriles is 1. The summed E-state index contributed by atoms with van der Waals surface area (Å²) in [5.41, 5.74) is 0.0777. The van der Waals surface area contributed by atoms with Crippen LogP contribution in [0.5, 0.6) is 0 Å². The molecule has 17 heavy (non-hydrogen) atoms. The molecule has 0 spiro atoms. The van der Waals surface area contributed by atoms with Crippen LogP contribution in [0.15, 0.2) is 23.2 Å². The Labute approximate surface area is 103 Å². The number of aromatic nitrogens is 1. The third-order valence-electron chi connectivity index (χ3n) is 1.81. The smallest absolute Gasteiger partial charge is 0.233 e. The van der Waals surface area contributed by atoms with Crippen molar-refractivity contribution in [3.05, 3.63) is 24.0 Å². The Morgan fingerprint density at radius 3 is 2.29 bits per heavy atom. The molecule has 0 aliphatic rings. The fourth-order valence-electron chi connectivity index (χ4n) is 0.957. The number of hydrogen-bond donors (Lipinski definition) is 0. The first kappa shape index (κ1) is 13.9. The highest BCUT2D eigenvalue weighted by Crippen LogP contribution is 2.11. The zero-order valence-electron chi connectivity index (χ0n) is 8.37. The van der Waals surface area contributed by atoms with Crippen molar-refractivity contribution >= 4 is 29.6 Å². The topological polar surface area (TPSA) is 105 Å². The van der Waals surface area contributed by atoms with E-state index >= 15 is 0 Å². The van der Waals surface area contributed by atoms with E-state index in [0.29, 0.717) is 0 Å². The molecule has 0 atom stereocenters. The normalized spacial score (nSPS) is 12.0. The average Bonchev–Trinajstić information content (AvgIpc) is 2.26. The number of rotatable bonds is 4. The Morgan fingerprint density at radius 1 is 1.24 bits per heavy atom.